The van der Waals surface area contributed by atoms with Crippen LogP contribution in [0.5, 0.6) is 0 Å². The standard InChI is InChI=1S/C14H21NO3/c1-14(2,3)18-12(13(17)15-9-10-16)11-7-5-4-6-8-11/h4-8,12,16H,9-10H2,1-3H3,(H,15,17). The van der Waals surface area contributed by atoms with E-state index in [9.17, 15) is 4.79 Å². The lowest BCUT2D eigenvalue weighted by Crippen LogP contribution is -2.36. The molecular formula is C14H21NO3. The maximum absolute atomic E-state index is 12.0. The number of ether oxygens (including phenoxy) is 1. The number of carbonyl (C=O) groups is 1. The van der Waals surface area contributed by atoms with Crippen LogP contribution < -0.4 is 5.32 Å². The molecule has 0 heterocycles. The van der Waals surface area contributed by atoms with E-state index in [0.717, 1.165) is 5.56 Å². The monoisotopic (exact) mass is 251 g/mol. The van der Waals surface area contributed by atoms with E-state index in [4.69, 9.17) is 9.84 Å². The van der Waals surface area contributed by atoms with Gasteiger partial charge in [-0.2, -0.15) is 0 Å². The molecule has 0 radical (unpaired) electrons. The molecule has 1 aromatic carbocycles. The predicted octanol–water partition coefficient (Wildman–Crippen LogP) is 1.65. The molecule has 0 aliphatic carbocycles. The highest BCUT2D eigenvalue weighted by Gasteiger charge is 2.26. The molecular weight excluding hydrogens is 230 g/mol. The van der Waals surface area contributed by atoms with Crippen molar-refractivity contribution in [2.24, 2.45) is 0 Å². The Morgan fingerprint density at radius 1 is 1.33 bits per heavy atom. The second-order valence-electron chi connectivity index (χ2n) is 5.04. The first kappa shape index (κ1) is 14.7. The van der Waals surface area contributed by atoms with Crippen LogP contribution >= 0.6 is 0 Å². The number of hydrogen-bond acceptors (Lipinski definition) is 3. The molecule has 0 aliphatic rings. The van der Waals surface area contributed by atoms with E-state index in [1.807, 2.05) is 51.1 Å². The first-order valence-corrected chi connectivity index (χ1v) is 6.05. The zero-order chi connectivity index (χ0) is 13.6. The van der Waals surface area contributed by atoms with Gasteiger partial charge in [-0.25, -0.2) is 0 Å². The lowest BCUT2D eigenvalue weighted by atomic mass is 10.1. The molecule has 0 spiro atoms. The van der Waals surface area contributed by atoms with Gasteiger partial charge in [-0.1, -0.05) is 30.3 Å². The summed E-state index contributed by atoms with van der Waals surface area (Å²) in [5, 5.41) is 11.4. The summed E-state index contributed by atoms with van der Waals surface area (Å²) in [6.45, 7) is 5.87. The van der Waals surface area contributed by atoms with Crippen LogP contribution in [0.25, 0.3) is 0 Å². The Labute approximate surface area is 108 Å². The van der Waals surface area contributed by atoms with Crippen LogP contribution in [0, 0.1) is 0 Å². The topological polar surface area (TPSA) is 58.6 Å². The van der Waals surface area contributed by atoms with Gasteiger partial charge in [-0.05, 0) is 26.3 Å². The highest BCUT2D eigenvalue weighted by Crippen LogP contribution is 2.23. The minimum Gasteiger partial charge on any atom is -0.395 e. The third-order valence-corrected chi connectivity index (χ3v) is 2.22. The Morgan fingerprint density at radius 2 is 1.94 bits per heavy atom. The van der Waals surface area contributed by atoms with Crippen molar-refractivity contribution < 1.29 is 14.6 Å². The molecule has 0 aliphatic heterocycles. The molecule has 0 saturated carbocycles. The number of hydrogen-bond donors (Lipinski definition) is 2. The highest BCUT2D eigenvalue weighted by molar-refractivity contribution is 5.82. The van der Waals surface area contributed by atoms with Crippen LogP contribution in [-0.4, -0.2) is 29.8 Å². The molecule has 18 heavy (non-hydrogen) atoms. The SMILES string of the molecule is CC(C)(C)OC(C(=O)NCCO)c1ccccc1. The number of rotatable bonds is 5. The van der Waals surface area contributed by atoms with Gasteiger partial charge in [-0.3, -0.25) is 4.79 Å². The summed E-state index contributed by atoms with van der Waals surface area (Å²) >= 11 is 0. The van der Waals surface area contributed by atoms with Crippen molar-refractivity contribution in [1.82, 2.24) is 5.32 Å². The smallest absolute Gasteiger partial charge is 0.253 e. The fraction of sp³-hybridized carbons (Fsp3) is 0.500. The van der Waals surface area contributed by atoms with E-state index in [0.29, 0.717) is 0 Å². The molecule has 0 fully saturated rings. The van der Waals surface area contributed by atoms with E-state index in [-0.39, 0.29) is 19.1 Å². The number of amides is 1. The zero-order valence-electron chi connectivity index (χ0n) is 11.1. The maximum Gasteiger partial charge on any atom is 0.253 e. The lowest BCUT2D eigenvalue weighted by molar-refractivity contribution is -0.143. The lowest BCUT2D eigenvalue weighted by Gasteiger charge is -2.27. The minimum absolute atomic E-state index is 0.0806. The number of aliphatic hydroxyl groups excluding tert-OH is 1. The fourth-order valence-corrected chi connectivity index (χ4v) is 1.53. The van der Waals surface area contributed by atoms with Crippen LogP contribution in [0.3, 0.4) is 0 Å². The normalized spacial score (nSPS) is 13.1. The molecule has 1 aromatic rings. The van der Waals surface area contributed by atoms with Gasteiger partial charge in [0.25, 0.3) is 5.91 Å². The Kier molecular flexibility index (Phi) is 5.31. The van der Waals surface area contributed by atoms with Gasteiger partial charge in [0.1, 0.15) is 0 Å². The van der Waals surface area contributed by atoms with Crippen molar-refractivity contribution in [3.8, 4) is 0 Å². The average molecular weight is 251 g/mol. The molecule has 1 atom stereocenters. The van der Waals surface area contributed by atoms with Crippen LogP contribution in [0.15, 0.2) is 30.3 Å². The van der Waals surface area contributed by atoms with Crippen LogP contribution in [0.4, 0.5) is 0 Å². The number of benzene rings is 1. The number of carbonyl (C=O) groups excluding carboxylic acids is 1. The first-order chi connectivity index (χ1) is 8.44. The Morgan fingerprint density at radius 3 is 2.44 bits per heavy atom. The third kappa shape index (κ3) is 4.85. The number of nitrogens with one attached hydrogen (secondary N) is 1. The minimum atomic E-state index is -0.655. The van der Waals surface area contributed by atoms with E-state index >= 15 is 0 Å². The molecule has 100 valence electrons. The van der Waals surface area contributed by atoms with Crippen LogP contribution in [0.2, 0.25) is 0 Å². The van der Waals surface area contributed by atoms with Crippen LogP contribution in [-0.2, 0) is 9.53 Å². The second-order valence-corrected chi connectivity index (χ2v) is 5.04. The van der Waals surface area contributed by atoms with Crippen molar-refractivity contribution in [3.63, 3.8) is 0 Å². The van der Waals surface area contributed by atoms with Crippen molar-refractivity contribution in [2.45, 2.75) is 32.5 Å². The van der Waals surface area contributed by atoms with Crippen molar-refractivity contribution >= 4 is 5.91 Å². The van der Waals surface area contributed by atoms with E-state index in [1.54, 1.807) is 0 Å². The van der Waals surface area contributed by atoms with Gasteiger partial charge in [0.05, 0.1) is 12.2 Å². The van der Waals surface area contributed by atoms with Gasteiger partial charge < -0.3 is 15.2 Å². The molecule has 4 heteroatoms. The van der Waals surface area contributed by atoms with Crippen molar-refractivity contribution in [3.05, 3.63) is 35.9 Å². The van der Waals surface area contributed by atoms with Crippen LogP contribution in [0.1, 0.15) is 32.4 Å². The zero-order valence-corrected chi connectivity index (χ0v) is 11.1. The van der Waals surface area contributed by atoms with E-state index in [1.165, 1.54) is 0 Å². The van der Waals surface area contributed by atoms with Gasteiger partial charge in [0, 0.05) is 6.54 Å². The molecule has 1 amide bonds. The molecule has 1 rings (SSSR count). The predicted molar refractivity (Wildman–Crippen MR) is 70.1 cm³/mol. The average Bonchev–Trinajstić information content (AvgIpc) is 2.33. The Bertz CT molecular complexity index is 370. The van der Waals surface area contributed by atoms with E-state index < -0.39 is 11.7 Å². The molecule has 1 unspecified atom stereocenters. The van der Waals surface area contributed by atoms with Crippen molar-refractivity contribution in [1.29, 1.82) is 0 Å². The number of aliphatic hydroxyl groups is 1. The Balaban J connectivity index is 2.85. The molecule has 0 aromatic heterocycles. The summed E-state index contributed by atoms with van der Waals surface area (Å²) in [5.74, 6) is -0.231. The highest BCUT2D eigenvalue weighted by atomic mass is 16.5. The summed E-state index contributed by atoms with van der Waals surface area (Å²) in [6, 6.07) is 9.34. The molecule has 0 bridgehead atoms. The second kappa shape index (κ2) is 6.52. The first-order valence-electron chi connectivity index (χ1n) is 6.05. The van der Waals surface area contributed by atoms with Gasteiger partial charge in [-0.15, -0.1) is 0 Å². The summed E-state index contributed by atoms with van der Waals surface area (Å²) in [4.78, 5) is 12.0. The Hall–Kier alpha value is -1.39. The summed E-state index contributed by atoms with van der Waals surface area (Å²) in [5.41, 5.74) is 0.389. The van der Waals surface area contributed by atoms with E-state index in [2.05, 4.69) is 5.32 Å². The fourth-order valence-electron chi connectivity index (χ4n) is 1.53. The summed E-state index contributed by atoms with van der Waals surface area (Å²) in [6.07, 6.45) is -0.655. The molecule has 2 N–H and O–H groups in total. The van der Waals surface area contributed by atoms with Crippen molar-refractivity contribution in [2.75, 3.05) is 13.2 Å². The summed E-state index contributed by atoms with van der Waals surface area (Å²) < 4.78 is 5.79. The van der Waals surface area contributed by atoms with Gasteiger partial charge in [0.15, 0.2) is 6.10 Å². The van der Waals surface area contributed by atoms with Gasteiger partial charge in [0.2, 0.25) is 0 Å². The third-order valence-electron chi connectivity index (χ3n) is 2.22. The van der Waals surface area contributed by atoms with Gasteiger partial charge >= 0.3 is 0 Å². The maximum atomic E-state index is 12.0. The summed E-state index contributed by atoms with van der Waals surface area (Å²) in [7, 11) is 0. The quantitative estimate of drug-likeness (QED) is 0.836. The largest absolute Gasteiger partial charge is 0.395 e. The molecule has 0 saturated heterocycles. The molecule has 4 nitrogen and oxygen atoms in total.